The van der Waals surface area contributed by atoms with E-state index in [1.54, 1.807) is 0 Å². The molecule has 0 heterocycles. The van der Waals surface area contributed by atoms with Gasteiger partial charge in [0.15, 0.2) is 5.78 Å². The van der Waals surface area contributed by atoms with E-state index in [0.29, 0.717) is 6.61 Å². The van der Waals surface area contributed by atoms with Gasteiger partial charge >= 0.3 is 0 Å². The summed E-state index contributed by atoms with van der Waals surface area (Å²) in [6, 6.07) is 9.43. The molecule has 0 amide bonds. The highest BCUT2D eigenvalue weighted by Crippen LogP contribution is 2.16. The van der Waals surface area contributed by atoms with Crippen LogP contribution in [0.25, 0.3) is 0 Å². The number of nitriles is 1. The number of benzene rings is 1. The monoisotopic (exact) mass is 217 g/mol. The van der Waals surface area contributed by atoms with Gasteiger partial charge in [0.1, 0.15) is 12.5 Å². The molecule has 3 nitrogen and oxygen atoms in total. The molecule has 0 aromatic heterocycles. The molecule has 1 atom stereocenters. The Hall–Kier alpha value is -1.66. The number of rotatable bonds is 5. The van der Waals surface area contributed by atoms with Crippen LogP contribution in [0, 0.1) is 18.3 Å². The number of carbonyl (C=O) groups excluding carboxylic acids is 1. The van der Waals surface area contributed by atoms with Crippen molar-refractivity contribution in [1.82, 2.24) is 0 Å². The fraction of sp³-hybridized carbons (Fsp3) is 0.385. The highest BCUT2D eigenvalue weighted by Gasteiger charge is 2.19. The molecule has 3 heteroatoms. The molecule has 1 aromatic rings. The minimum atomic E-state index is -0.716. The van der Waals surface area contributed by atoms with E-state index in [0.717, 1.165) is 11.1 Å². The summed E-state index contributed by atoms with van der Waals surface area (Å²) in [5, 5.41) is 8.99. The van der Waals surface area contributed by atoms with Crippen LogP contribution in [-0.4, -0.2) is 19.0 Å². The Bertz CT molecular complexity index is 389. The summed E-state index contributed by atoms with van der Waals surface area (Å²) in [7, 11) is 0. The van der Waals surface area contributed by atoms with Crippen LogP contribution in [0.2, 0.25) is 0 Å². The van der Waals surface area contributed by atoms with Gasteiger partial charge in [0.25, 0.3) is 0 Å². The Balaban J connectivity index is 2.79. The van der Waals surface area contributed by atoms with Gasteiger partial charge in [-0.1, -0.05) is 29.8 Å². The topological polar surface area (TPSA) is 50.1 Å². The minimum absolute atomic E-state index is 0.00258. The highest BCUT2D eigenvalue weighted by molar-refractivity contribution is 5.89. The van der Waals surface area contributed by atoms with Crippen LogP contribution < -0.4 is 0 Å². The lowest BCUT2D eigenvalue weighted by atomic mass is 9.96. The largest absolute Gasteiger partial charge is 0.374 e. The van der Waals surface area contributed by atoms with Crippen LogP contribution in [-0.2, 0) is 9.53 Å². The van der Waals surface area contributed by atoms with Crippen molar-refractivity contribution >= 4 is 5.78 Å². The minimum Gasteiger partial charge on any atom is -0.374 e. The number of hydrogen-bond acceptors (Lipinski definition) is 3. The molecule has 0 fully saturated rings. The average molecular weight is 217 g/mol. The van der Waals surface area contributed by atoms with E-state index in [1.165, 1.54) is 0 Å². The Labute approximate surface area is 95.7 Å². The molecule has 1 unspecified atom stereocenters. The van der Waals surface area contributed by atoms with Crippen LogP contribution in [0.3, 0.4) is 0 Å². The number of aryl methyl sites for hydroxylation is 1. The molecule has 0 saturated heterocycles. The lowest BCUT2D eigenvalue weighted by Crippen LogP contribution is -2.17. The average Bonchev–Trinajstić information content (AvgIpc) is 2.30. The van der Waals surface area contributed by atoms with Crippen molar-refractivity contribution in [3.8, 4) is 6.07 Å². The van der Waals surface area contributed by atoms with Crippen LogP contribution in [0.5, 0.6) is 0 Å². The third kappa shape index (κ3) is 3.18. The summed E-state index contributed by atoms with van der Waals surface area (Å²) in [6.45, 7) is 4.27. The van der Waals surface area contributed by atoms with Gasteiger partial charge < -0.3 is 4.74 Å². The van der Waals surface area contributed by atoms with Gasteiger partial charge in [-0.15, -0.1) is 0 Å². The van der Waals surface area contributed by atoms with Gasteiger partial charge in [0, 0.05) is 6.61 Å². The third-order valence-corrected chi connectivity index (χ3v) is 2.31. The van der Waals surface area contributed by atoms with Crippen LogP contribution in [0.15, 0.2) is 24.3 Å². The van der Waals surface area contributed by atoms with Gasteiger partial charge in [-0.2, -0.15) is 5.26 Å². The highest BCUT2D eigenvalue weighted by atomic mass is 16.5. The number of hydrogen-bond donors (Lipinski definition) is 0. The Morgan fingerprint density at radius 3 is 2.56 bits per heavy atom. The summed E-state index contributed by atoms with van der Waals surface area (Å²) in [4.78, 5) is 11.7. The number of nitrogens with zero attached hydrogens (tertiary/aromatic N) is 1. The van der Waals surface area contributed by atoms with E-state index in [4.69, 9.17) is 10.00 Å². The Kier molecular flexibility index (Phi) is 4.68. The van der Waals surface area contributed by atoms with Crippen LogP contribution in [0.4, 0.5) is 0 Å². The van der Waals surface area contributed by atoms with E-state index in [9.17, 15) is 4.79 Å². The predicted molar refractivity (Wildman–Crippen MR) is 61.0 cm³/mol. The normalized spacial score (nSPS) is 11.8. The summed E-state index contributed by atoms with van der Waals surface area (Å²) in [5.41, 5.74) is 1.84. The van der Waals surface area contributed by atoms with E-state index in [2.05, 4.69) is 0 Å². The number of Topliss-reactive ketones (excluding diaryl/α,β-unsaturated/α-hetero) is 1. The van der Waals surface area contributed by atoms with Gasteiger partial charge in [0.05, 0.1) is 6.07 Å². The molecule has 16 heavy (non-hydrogen) atoms. The standard InChI is InChI=1S/C13H15NO2/c1-3-16-9-13(15)12(8-14)11-6-4-10(2)5-7-11/h4-7,12H,3,9H2,1-2H3. The number of ether oxygens (including phenoxy) is 1. The maximum absolute atomic E-state index is 11.7. The molecule has 1 aromatic carbocycles. The molecule has 0 aliphatic carbocycles. The van der Waals surface area contributed by atoms with E-state index < -0.39 is 5.92 Å². The summed E-state index contributed by atoms with van der Waals surface area (Å²) >= 11 is 0. The van der Waals surface area contributed by atoms with Crippen molar-refractivity contribution < 1.29 is 9.53 Å². The van der Waals surface area contributed by atoms with Crippen LogP contribution in [0.1, 0.15) is 24.0 Å². The summed E-state index contributed by atoms with van der Waals surface area (Å²) in [6.07, 6.45) is 0. The van der Waals surface area contributed by atoms with Crippen molar-refractivity contribution in [1.29, 1.82) is 5.26 Å². The zero-order valence-electron chi connectivity index (χ0n) is 9.56. The van der Waals surface area contributed by atoms with Crippen molar-refractivity contribution in [2.45, 2.75) is 19.8 Å². The van der Waals surface area contributed by atoms with Crippen LogP contribution >= 0.6 is 0 Å². The summed E-state index contributed by atoms with van der Waals surface area (Å²) < 4.78 is 5.02. The quantitative estimate of drug-likeness (QED) is 0.759. The van der Waals surface area contributed by atoms with Crippen molar-refractivity contribution in [2.24, 2.45) is 0 Å². The summed E-state index contributed by atoms with van der Waals surface area (Å²) in [5.74, 6) is -0.902. The Morgan fingerprint density at radius 1 is 1.44 bits per heavy atom. The smallest absolute Gasteiger partial charge is 0.179 e. The molecular formula is C13H15NO2. The van der Waals surface area contributed by atoms with Gasteiger partial charge in [-0.3, -0.25) is 4.79 Å². The van der Waals surface area contributed by atoms with E-state index in [-0.39, 0.29) is 12.4 Å². The molecule has 0 saturated carbocycles. The van der Waals surface area contributed by atoms with Crippen molar-refractivity contribution in [2.75, 3.05) is 13.2 Å². The van der Waals surface area contributed by atoms with E-state index in [1.807, 2.05) is 44.2 Å². The van der Waals surface area contributed by atoms with Gasteiger partial charge in [-0.05, 0) is 19.4 Å². The predicted octanol–water partition coefficient (Wildman–Crippen LogP) is 2.21. The second-order valence-electron chi connectivity index (χ2n) is 3.58. The first kappa shape index (κ1) is 12.4. The third-order valence-electron chi connectivity index (χ3n) is 2.31. The molecule has 0 aliphatic rings. The van der Waals surface area contributed by atoms with E-state index >= 15 is 0 Å². The fourth-order valence-electron chi connectivity index (χ4n) is 1.38. The van der Waals surface area contributed by atoms with Gasteiger partial charge in [0.2, 0.25) is 0 Å². The molecule has 1 rings (SSSR count). The first-order chi connectivity index (χ1) is 7.69. The molecule has 0 N–H and O–H groups in total. The maximum atomic E-state index is 11.7. The first-order valence-corrected chi connectivity index (χ1v) is 5.25. The second-order valence-corrected chi connectivity index (χ2v) is 3.58. The lowest BCUT2D eigenvalue weighted by Gasteiger charge is -2.08. The van der Waals surface area contributed by atoms with Gasteiger partial charge in [-0.25, -0.2) is 0 Å². The number of ketones is 1. The molecule has 84 valence electrons. The molecular weight excluding hydrogens is 202 g/mol. The lowest BCUT2D eigenvalue weighted by molar-refractivity contribution is -0.123. The van der Waals surface area contributed by atoms with Crippen molar-refractivity contribution in [3.63, 3.8) is 0 Å². The Morgan fingerprint density at radius 2 is 2.06 bits per heavy atom. The molecule has 0 spiro atoms. The second kappa shape index (κ2) is 6.04. The molecule has 0 radical (unpaired) electrons. The zero-order chi connectivity index (χ0) is 12.0. The zero-order valence-corrected chi connectivity index (χ0v) is 9.56. The molecule has 0 aliphatic heterocycles. The molecule has 0 bridgehead atoms. The SMILES string of the molecule is CCOCC(=O)C(C#N)c1ccc(C)cc1. The maximum Gasteiger partial charge on any atom is 0.179 e. The van der Waals surface area contributed by atoms with Crippen molar-refractivity contribution in [3.05, 3.63) is 35.4 Å². The number of carbonyl (C=O) groups is 1. The fourth-order valence-corrected chi connectivity index (χ4v) is 1.38. The first-order valence-electron chi connectivity index (χ1n) is 5.25.